The number of ether oxygens (including phenoxy) is 1. The highest BCUT2D eigenvalue weighted by atomic mass is 16.5. The van der Waals surface area contributed by atoms with E-state index in [2.05, 4.69) is 19.1 Å². The topological polar surface area (TPSA) is 9.23 Å². The van der Waals surface area contributed by atoms with E-state index in [0.29, 0.717) is 0 Å². The van der Waals surface area contributed by atoms with Crippen LogP contribution in [0.5, 0.6) is 0 Å². The Bertz CT molecular complexity index is 178. The van der Waals surface area contributed by atoms with Crippen molar-refractivity contribution in [1.29, 1.82) is 0 Å². The highest BCUT2D eigenvalue weighted by Crippen LogP contribution is 2.21. The standard InChI is InChI=1S/C10H16O.C2H6/c1-3-9-7-5-6-8-10(9)11-4-2;1-2/h6,8H,3-5,7H2,1-2H3;1-2H3. The molecule has 0 fully saturated rings. The van der Waals surface area contributed by atoms with Gasteiger partial charge in [0.15, 0.2) is 0 Å². The van der Waals surface area contributed by atoms with E-state index in [4.69, 9.17) is 4.74 Å². The first-order valence-electron chi connectivity index (χ1n) is 5.39. The predicted molar refractivity (Wildman–Crippen MR) is 58.7 cm³/mol. The van der Waals surface area contributed by atoms with Crippen LogP contribution < -0.4 is 0 Å². The Balaban J connectivity index is 0.000000671. The maximum absolute atomic E-state index is 5.48. The third-order valence-electron chi connectivity index (χ3n) is 1.96. The van der Waals surface area contributed by atoms with Crippen LogP contribution in [0.1, 0.15) is 47.0 Å². The molecule has 0 N–H and O–H groups in total. The Labute approximate surface area is 82.5 Å². The second kappa shape index (κ2) is 7.90. The minimum absolute atomic E-state index is 0.781. The summed E-state index contributed by atoms with van der Waals surface area (Å²) >= 11 is 0. The van der Waals surface area contributed by atoms with Crippen LogP contribution in [-0.4, -0.2) is 6.61 Å². The van der Waals surface area contributed by atoms with Crippen LogP contribution in [0.25, 0.3) is 0 Å². The molecule has 0 aromatic rings. The van der Waals surface area contributed by atoms with Crippen LogP contribution in [0, 0.1) is 0 Å². The van der Waals surface area contributed by atoms with Gasteiger partial charge < -0.3 is 4.74 Å². The molecule has 0 saturated heterocycles. The van der Waals surface area contributed by atoms with Crippen molar-refractivity contribution >= 4 is 0 Å². The lowest BCUT2D eigenvalue weighted by Crippen LogP contribution is -1.98. The SMILES string of the molecule is CC.CCOC1=C(CC)CCC=C1. The molecule has 1 nitrogen and oxygen atoms in total. The average molecular weight is 182 g/mol. The molecular formula is C12H22O. The zero-order chi connectivity index (χ0) is 10.1. The lowest BCUT2D eigenvalue weighted by atomic mass is 10.0. The van der Waals surface area contributed by atoms with Gasteiger partial charge in [-0.1, -0.05) is 26.8 Å². The molecule has 0 amide bonds. The van der Waals surface area contributed by atoms with Crippen LogP contribution in [0.3, 0.4) is 0 Å². The summed E-state index contributed by atoms with van der Waals surface area (Å²) in [5, 5.41) is 0. The fourth-order valence-corrected chi connectivity index (χ4v) is 1.35. The molecule has 13 heavy (non-hydrogen) atoms. The van der Waals surface area contributed by atoms with Crippen LogP contribution in [-0.2, 0) is 4.74 Å². The lowest BCUT2D eigenvalue weighted by molar-refractivity contribution is 0.235. The van der Waals surface area contributed by atoms with Crippen LogP contribution in [0.2, 0.25) is 0 Å². The first kappa shape index (κ1) is 12.3. The number of hydrogen-bond donors (Lipinski definition) is 0. The van der Waals surface area contributed by atoms with Crippen LogP contribution in [0.15, 0.2) is 23.5 Å². The van der Waals surface area contributed by atoms with Gasteiger partial charge in [-0.25, -0.2) is 0 Å². The summed E-state index contributed by atoms with van der Waals surface area (Å²) in [5.74, 6) is 1.11. The summed E-state index contributed by atoms with van der Waals surface area (Å²) in [6, 6.07) is 0. The molecule has 1 aliphatic rings. The van der Waals surface area contributed by atoms with E-state index in [1.54, 1.807) is 0 Å². The first-order valence-corrected chi connectivity index (χ1v) is 5.39. The van der Waals surface area contributed by atoms with Crippen LogP contribution >= 0.6 is 0 Å². The van der Waals surface area contributed by atoms with Crippen molar-refractivity contribution in [3.05, 3.63) is 23.5 Å². The van der Waals surface area contributed by atoms with Crippen molar-refractivity contribution in [1.82, 2.24) is 0 Å². The van der Waals surface area contributed by atoms with E-state index < -0.39 is 0 Å². The van der Waals surface area contributed by atoms with E-state index in [1.807, 2.05) is 20.8 Å². The van der Waals surface area contributed by atoms with Crippen molar-refractivity contribution in [3.63, 3.8) is 0 Å². The van der Waals surface area contributed by atoms with Crippen molar-refractivity contribution in [2.75, 3.05) is 6.61 Å². The minimum Gasteiger partial charge on any atom is -0.494 e. The summed E-state index contributed by atoms with van der Waals surface area (Å²) in [6.45, 7) is 9.00. The zero-order valence-electron chi connectivity index (χ0n) is 9.39. The van der Waals surface area contributed by atoms with Gasteiger partial charge in [0.05, 0.1) is 6.61 Å². The van der Waals surface area contributed by atoms with E-state index in [0.717, 1.165) is 18.8 Å². The third kappa shape index (κ3) is 4.16. The Morgan fingerprint density at radius 3 is 2.54 bits per heavy atom. The average Bonchev–Trinajstić information content (AvgIpc) is 2.22. The second-order valence-electron chi connectivity index (χ2n) is 2.70. The minimum atomic E-state index is 0.781. The maximum Gasteiger partial charge on any atom is 0.118 e. The van der Waals surface area contributed by atoms with Gasteiger partial charge in [0, 0.05) is 0 Å². The van der Waals surface area contributed by atoms with Gasteiger partial charge in [-0.05, 0) is 37.8 Å². The Morgan fingerprint density at radius 1 is 1.31 bits per heavy atom. The third-order valence-corrected chi connectivity index (χ3v) is 1.96. The van der Waals surface area contributed by atoms with Crippen molar-refractivity contribution < 1.29 is 4.74 Å². The Morgan fingerprint density at radius 2 is 2.00 bits per heavy atom. The summed E-state index contributed by atoms with van der Waals surface area (Å²) in [7, 11) is 0. The van der Waals surface area contributed by atoms with Crippen molar-refractivity contribution in [3.8, 4) is 0 Å². The van der Waals surface area contributed by atoms with Crippen LogP contribution in [0.4, 0.5) is 0 Å². The van der Waals surface area contributed by atoms with Gasteiger partial charge in [-0.3, -0.25) is 0 Å². The summed E-state index contributed by atoms with van der Waals surface area (Å²) < 4.78 is 5.48. The first-order chi connectivity index (χ1) is 6.38. The highest BCUT2D eigenvalue weighted by Gasteiger charge is 2.06. The molecule has 1 heteroatoms. The zero-order valence-corrected chi connectivity index (χ0v) is 9.39. The van der Waals surface area contributed by atoms with Gasteiger partial charge in [0.2, 0.25) is 0 Å². The van der Waals surface area contributed by atoms with Gasteiger partial charge in [-0.15, -0.1) is 0 Å². The normalized spacial score (nSPS) is 15.1. The van der Waals surface area contributed by atoms with Gasteiger partial charge >= 0.3 is 0 Å². The predicted octanol–water partition coefficient (Wildman–Crippen LogP) is 4.06. The molecule has 0 heterocycles. The largest absolute Gasteiger partial charge is 0.494 e. The van der Waals surface area contributed by atoms with Gasteiger partial charge in [-0.2, -0.15) is 0 Å². The molecule has 0 aromatic heterocycles. The Kier molecular flexibility index (Phi) is 7.47. The molecule has 1 rings (SSSR count). The molecule has 0 atom stereocenters. The maximum atomic E-state index is 5.48. The molecule has 0 unspecified atom stereocenters. The molecule has 0 saturated carbocycles. The molecule has 0 aromatic carbocycles. The number of allylic oxidation sites excluding steroid dienone is 3. The second-order valence-corrected chi connectivity index (χ2v) is 2.70. The van der Waals surface area contributed by atoms with Gasteiger partial charge in [0.1, 0.15) is 5.76 Å². The summed E-state index contributed by atoms with van der Waals surface area (Å²) in [6.07, 6.45) is 7.78. The van der Waals surface area contributed by atoms with Gasteiger partial charge in [0.25, 0.3) is 0 Å². The molecule has 1 aliphatic carbocycles. The smallest absolute Gasteiger partial charge is 0.118 e. The molecule has 0 bridgehead atoms. The monoisotopic (exact) mass is 182 g/mol. The van der Waals surface area contributed by atoms with E-state index >= 15 is 0 Å². The lowest BCUT2D eigenvalue weighted by Gasteiger charge is -2.14. The number of rotatable bonds is 3. The van der Waals surface area contributed by atoms with E-state index in [9.17, 15) is 0 Å². The molecule has 76 valence electrons. The summed E-state index contributed by atoms with van der Waals surface area (Å²) in [5.41, 5.74) is 1.47. The number of hydrogen-bond acceptors (Lipinski definition) is 1. The molecule has 0 aliphatic heterocycles. The fraction of sp³-hybridized carbons (Fsp3) is 0.667. The molecule has 0 radical (unpaired) electrons. The van der Waals surface area contributed by atoms with E-state index in [-0.39, 0.29) is 0 Å². The molecule has 0 spiro atoms. The van der Waals surface area contributed by atoms with Crippen molar-refractivity contribution in [2.45, 2.75) is 47.0 Å². The Hall–Kier alpha value is -0.720. The fourth-order valence-electron chi connectivity index (χ4n) is 1.35. The molecular weight excluding hydrogens is 160 g/mol. The summed E-state index contributed by atoms with van der Waals surface area (Å²) in [4.78, 5) is 0. The highest BCUT2D eigenvalue weighted by molar-refractivity contribution is 5.24. The quantitative estimate of drug-likeness (QED) is 0.639. The van der Waals surface area contributed by atoms with Crippen molar-refractivity contribution in [2.24, 2.45) is 0 Å². The van der Waals surface area contributed by atoms with E-state index in [1.165, 1.54) is 18.4 Å².